The van der Waals surface area contributed by atoms with Crippen LogP contribution in [-0.2, 0) is 0 Å². The molecule has 0 spiro atoms. The van der Waals surface area contributed by atoms with Crippen LogP contribution in [0.15, 0.2) is 24.3 Å². The Kier molecular flexibility index (Phi) is 7.57. The van der Waals surface area contributed by atoms with Crippen molar-refractivity contribution in [2.45, 2.75) is 0 Å². The van der Waals surface area contributed by atoms with Crippen molar-refractivity contribution < 1.29 is 29.2 Å². The molecule has 0 aliphatic rings. The van der Waals surface area contributed by atoms with E-state index in [0.717, 1.165) is 0 Å². The molecule has 0 heterocycles. The van der Waals surface area contributed by atoms with Gasteiger partial charge < -0.3 is 34.9 Å². The van der Waals surface area contributed by atoms with Gasteiger partial charge >= 0.3 is 0 Å². The number of nitrogens with two attached hydrogens (primary N) is 1. The molecule has 0 aromatic heterocycles. The van der Waals surface area contributed by atoms with Gasteiger partial charge in [0, 0.05) is 5.56 Å². The quantitative estimate of drug-likeness (QED) is 0.359. The Morgan fingerprint density at radius 3 is 1.44 bits per heavy atom. The standard InChI is InChI=1S/C9H12N2O3.C9H9NO3/c1-13-6-3-5(9(10)11)4-7(14-2)8(6)12;1-10-6-4-7(12-2)9(11)8(5-6)13-3/h3-4,12H,1-2H3,(H3,10,11);4-5,11H,2-3H3. The van der Waals surface area contributed by atoms with Crippen molar-refractivity contribution >= 4 is 11.5 Å². The van der Waals surface area contributed by atoms with E-state index in [9.17, 15) is 10.2 Å². The van der Waals surface area contributed by atoms with E-state index in [2.05, 4.69) is 4.85 Å². The van der Waals surface area contributed by atoms with E-state index in [1.54, 1.807) is 0 Å². The number of ether oxygens (including phenoxy) is 4. The van der Waals surface area contributed by atoms with Gasteiger partial charge in [0.1, 0.15) is 5.84 Å². The largest absolute Gasteiger partial charge is 0.502 e. The predicted molar refractivity (Wildman–Crippen MR) is 99.7 cm³/mol. The molecule has 144 valence electrons. The molecule has 2 rings (SSSR count). The lowest BCUT2D eigenvalue weighted by Gasteiger charge is -2.10. The van der Waals surface area contributed by atoms with Gasteiger partial charge in [0.05, 0.1) is 35.0 Å². The minimum Gasteiger partial charge on any atom is -0.502 e. The van der Waals surface area contributed by atoms with Crippen LogP contribution in [0.25, 0.3) is 4.85 Å². The lowest BCUT2D eigenvalue weighted by Crippen LogP contribution is -2.11. The average molecular weight is 375 g/mol. The zero-order valence-corrected chi connectivity index (χ0v) is 15.4. The maximum absolute atomic E-state index is 9.53. The summed E-state index contributed by atoms with van der Waals surface area (Å²) in [5.41, 5.74) is 6.11. The molecular weight excluding hydrogens is 354 g/mol. The summed E-state index contributed by atoms with van der Waals surface area (Å²) in [6.45, 7) is 6.79. The Labute approximate surface area is 156 Å². The second-order valence-electron chi connectivity index (χ2n) is 4.95. The van der Waals surface area contributed by atoms with Crippen molar-refractivity contribution in [1.29, 1.82) is 5.41 Å². The van der Waals surface area contributed by atoms with Crippen LogP contribution in [0.5, 0.6) is 34.5 Å². The normalized spacial score (nSPS) is 9.30. The van der Waals surface area contributed by atoms with Crippen molar-refractivity contribution in [3.05, 3.63) is 41.2 Å². The van der Waals surface area contributed by atoms with Crippen LogP contribution in [0.2, 0.25) is 0 Å². The van der Waals surface area contributed by atoms with E-state index in [1.165, 1.54) is 52.7 Å². The molecule has 0 aliphatic carbocycles. The van der Waals surface area contributed by atoms with E-state index >= 15 is 0 Å². The van der Waals surface area contributed by atoms with Crippen LogP contribution >= 0.6 is 0 Å². The fourth-order valence-corrected chi connectivity index (χ4v) is 1.99. The topological polar surface area (TPSA) is 132 Å². The summed E-state index contributed by atoms with van der Waals surface area (Å²) >= 11 is 0. The van der Waals surface area contributed by atoms with Gasteiger partial charge in [-0.3, -0.25) is 5.41 Å². The number of hydrogen-bond acceptors (Lipinski definition) is 7. The Morgan fingerprint density at radius 2 is 1.19 bits per heavy atom. The van der Waals surface area contributed by atoms with Crippen molar-refractivity contribution in [3.8, 4) is 34.5 Å². The minimum absolute atomic E-state index is 0.0857. The highest BCUT2D eigenvalue weighted by Gasteiger charge is 2.12. The fraction of sp³-hybridized carbons (Fsp3) is 0.222. The van der Waals surface area contributed by atoms with Gasteiger partial charge in [0.15, 0.2) is 34.4 Å². The monoisotopic (exact) mass is 375 g/mol. The fourth-order valence-electron chi connectivity index (χ4n) is 1.99. The summed E-state index contributed by atoms with van der Waals surface area (Å²) in [4.78, 5) is 3.21. The molecule has 9 heteroatoms. The zero-order chi connectivity index (χ0) is 20.6. The van der Waals surface area contributed by atoms with Crippen LogP contribution in [0.3, 0.4) is 0 Å². The number of phenolic OH excluding ortho intramolecular Hbond substituents is 2. The van der Waals surface area contributed by atoms with Crippen LogP contribution in [0.4, 0.5) is 5.69 Å². The van der Waals surface area contributed by atoms with E-state index in [4.69, 9.17) is 36.7 Å². The first-order valence-corrected chi connectivity index (χ1v) is 7.44. The smallest absolute Gasteiger partial charge is 0.200 e. The molecule has 0 amide bonds. The number of hydrogen-bond donors (Lipinski definition) is 4. The summed E-state index contributed by atoms with van der Waals surface area (Å²) < 4.78 is 19.5. The third-order valence-electron chi connectivity index (χ3n) is 3.38. The second kappa shape index (κ2) is 9.62. The van der Waals surface area contributed by atoms with Crippen LogP contribution in [-0.4, -0.2) is 44.5 Å². The molecular formula is C18H21N3O6. The van der Waals surface area contributed by atoms with Gasteiger partial charge in [0.25, 0.3) is 0 Å². The molecule has 0 bridgehead atoms. The minimum atomic E-state index is -0.110. The maximum Gasteiger partial charge on any atom is 0.200 e. The maximum atomic E-state index is 9.53. The first kappa shape index (κ1) is 21.2. The molecule has 0 saturated heterocycles. The third kappa shape index (κ3) is 5.09. The average Bonchev–Trinajstić information content (AvgIpc) is 2.68. The Hall–Kier alpha value is -3.80. The van der Waals surface area contributed by atoms with Crippen LogP contribution in [0, 0.1) is 12.0 Å². The first-order valence-electron chi connectivity index (χ1n) is 7.44. The number of nitrogens with one attached hydrogen (secondary N) is 1. The van der Waals surface area contributed by atoms with Gasteiger partial charge in [0.2, 0.25) is 5.75 Å². The van der Waals surface area contributed by atoms with Gasteiger partial charge in [-0.05, 0) is 24.3 Å². The summed E-state index contributed by atoms with van der Waals surface area (Å²) in [5, 5.41) is 26.2. The molecule has 2 aromatic rings. The molecule has 2 aromatic carbocycles. The number of aromatic hydroxyl groups is 2. The highest BCUT2D eigenvalue weighted by molar-refractivity contribution is 5.96. The van der Waals surface area contributed by atoms with Crippen LogP contribution < -0.4 is 24.7 Å². The van der Waals surface area contributed by atoms with E-state index in [1.807, 2.05) is 0 Å². The molecule has 0 aliphatic heterocycles. The van der Waals surface area contributed by atoms with E-state index < -0.39 is 0 Å². The van der Waals surface area contributed by atoms with Crippen molar-refractivity contribution in [2.24, 2.45) is 5.73 Å². The van der Waals surface area contributed by atoms with Crippen molar-refractivity contribution in [3.63, 3.8) is 0 Å². The predicted octanol–water partition coefficient (Wildman–Crippen LogP) is 2.65. The summed E-state index contributed by atoms with van der Waals surface area (Å²) in [5.74, 6) is 0.652. The Morgan fingerprint density at radius 1 is 0.852 bits per heavy atom. The highest BCUT2D eigenvalue weighted by Crippen LogP contribution is 2.39. The van der Waals surface area contributed by atoms with Gasteiger partial charge in [-0.1, -0.05) is 0 Å². The number of phenols is 2. The van der Waals surface area contributed by atoms with Gasteiger partial charge in [-0.25, -0.2) is 4.85 Å². The number of benzene rings is 2. The molecule has 0 fully saturated rings. The van der Waals surface area contributed by atoms with Crippen molar-refractivity contribution in [2.75, 3.05) is 28.4 Å². The lowest BCUT2D eigenvalue weighted by atomic mass is 10.1. The molecule has 9 nitrogen and oxygen atoms in total. The summed E-state index contributed by atoms with van der Waals surface area (Å²) in [6, 6.07) is 5.84. The SMILES string of the molecule is COc1cc(C(=N)N)cc(OC)c1O.[C-]#[N+]c1cc(OC)c(O)c(OC)c1. The Bertz CT molecular complexity index is 811. The molecule has 5 N–H and O–H groups in total. The zero-order valence-electron chi connectivity index (χ0n) is 15.4. The molecule has 0 unspecified atom stereocenters. The lowest BCUT2D eigenvalue weighted by molar-refractivity contribution is 0.340. The number of nitrogen functional groups attached to an aromatic ring is 1. The molecule has 0 saturated carbocycles. The first-order chi connectivity index (χ1) is 12.8. The highest BCUT2D eigenvalue weighted by atomic mass is 16.5. The summed E-state index contributed by atoms with van der Waals surface area (Å²) in [7, 11) is 5.67. The van der Waals surface area contributed by atoms with Gasteiger partial charge in [-0.15, -0.1) is 0 Å². The molecule has 0 atom stereocenters. The molecule has 27 heavy (non-hydrogen) atoms. The number of nitrogens with zero attached hydrogens (tertiary/aromatic N) is 1. The van der Waals surface area contributed by atoms with Crippen molar-refractivity contribution in [1.82, 2.24) is 0 Å². The Balaban J connectivity index is 0.000000271. The molecule has 0 radical (unpaired) electrons. The van der Waals surface area contributed by atoms with Crippen LogP contribution in [0.1, 0.15) is 5.56 Å². The number of rotatable bonds is 5. The van der Waals surface area contributed by atoms with E-state index in [-0.39, 0.29) is 40.3 Å². The second-order valence-corrected chi connectivity index (χ2v) is 4.95. The summed E-state index contributed by atoms with van der Waals surface area (Å²) in [6.07, 6.45) is 0. The number of amidine groups is 1. The third-order valence-corrected chi connectivity index (χ3v) is 3.38. The van der Waals surface area contributed by atoms with Gasteiger partial charge in [-0.2, -0.15) is 0 Å². The number of methoxy groups -OCH3 is 4. The van der Waals surface area contributed by atoms with E-state index in [0.29, 0.717) is 11.3 Å².